The summed E-state index contributed by atoms with van der Waals surface area (Å²) < 4.78 is 26.8. The molecule has 4 aromatic carbocycles. The normalized spacial score (nSPS) is 22.8. The maximum absolute atomic E-state index is 15.1. The lowest BCUT2D eigenvalue weighted by molar-refractivity contribution is -0.384. The summed E-state index contributed by atoms with van der Waals surface area (Å²) in [5.41, 5.74) is 3.19. The summed E-state index contributed by atoms with van der Waals surface area (Å²) in [7, 11) is 0. The number of ether oxygens (including phenoxy) is 4. The fourth-order valence-corrected chi connectivity index (χ4v) is 9.75. The topological polar surface area (TPSA) is 162 Å². The van der Waals surface area contributed by atoms with Gasteiger partial charge >= 0.3 is 6.09 Å². The summed E-state index contributed by atoms with van der Waals surface area (Å²) in [6, 6.07) is 24.2. The smallest absolute Gasteiger partial charge is 0.416 e. The predicted molar refractivity (Wildman–Crippen MR) is 241 cm³/mol. The zero-order valence-corrected chi connectivity index (χ0v) is 35.8. The number of aliphatic hydroxyl groups is 2. The monoisotopic (exact) mass is 859 g/mol. The van der Waals surface area contributed by atoms with Crippen LogP contribution in [0.15, 0.2) is 127 Å². The van der Waals surface area contributed by atoms with E-state index in [4.69, 9.17) is 28.9 Å². The van der Waals surface area contributed by atoms with E-state index in [1.54, 1.807) is 17.1 Å². The van der Waals surface area contributed by atoms with Gasteiger partial charge in [0, 0.05) is 43.2 Å². The highest BCUT2D eigenvalue weighted by atomic mass is 16.7. The molecule has 1 fully saturated rings. The van der Waals surface area contributed by atoms with Gasteiger partial charge in [-0.3, -0.25) is 15.0 Å². The van der Waals surface area contributed by atoms with Gasteiger partial charge in [-0.25, -0.2) is 4.79 Å². The molecule has 2 N–H and O–H groups in total. The van der Waals surface area contributed by atoms with E-state index in [9.17, 15) is 20.3 Å². The summed E-state index contributed by atoms with van der Waals surface area (Å²) in [5, 5.41) is 38.1. The van der Waals surface area contributed by atoms with Gasteiger partial charge in [0.05, 0.1) is 29.7 Å². The SMILES string of the molecule is C=CCOc1ccc2c(c1)C1C(CCCCO)C(CCCCO)C=C3C(=NOCC)CC(N(Cc4cccc5ccccc45)C(=O)Oc4ccc([N+](=O)[O-])cc4)C(OCC=C)(O2)C31. The molecular weight excluding hydrogens is 803 g/mol. The number of carbonyl (C=O) groups excluding carboxylic acids is 1. The van der Waals surface area contributed by atoms with Gasteiger partial charge in [0.1, 0.15) is 36.5 Å². The zero-order valence-electron chi connectivity index (χ0n) is 35.8. The van der Waals surface area contributed by atoms with Crippen molar-refractivity contribution in [3.05, 3.63) is 143 Å². The first-order valence-electron chi connectivity index (χ1n) is 21.9. The number of hydrogen-bond donors (Lipinski definition) is 2. The Morgan fingerprint density at radius 1 is 0.952 bits per heavy atom. The van der Waals surface area contributed by atoms with Gasteiger partial charge in [-0.1, -0.05) is 85.3 Å². The number of nitro benzene ring substituents is 1. The number of amides is 1. The van der Waals surface area contributed by atoms with Crippen molar-refractivity contribution >= 4 is 28.3 Å². The number of hydrogen-bond acceptors (Lipinski definition) is 11. The molecule has 63 heavy (non-hydrogen) atoms. The first kappa shape index (κ1) is 45.0. The molecule has 0 spiro atoms. The molecule has 1 aliphatic heterocycles. The first-order chi connectivity index (χ1) is 30.8. The largest absolute Gasteiger partial charge is 0.490 e. The van der Waals surface area contributed by atoms with E-state index >= 15 is 4.79 Å². The molecule has 1 heterocycles. The number of oxime groups is 1. The van der Waals surface area contributed by atoms with Crippen LogP contribution in [0.4, 0.5) is 10.5 Å². The van der Waals surface area contributed by atoms with E-state index in [0.717, 1.165) is 53.2 Å². The molecule has 1 saturated carbocycles. The molecule has 0 bridgehead atoms. The van der Waals surface area contributed by atoms with Crippen LogP contribution in [0.25, 0.3) is 10.8 Å². The van der Waals surface area contributed by atoms with E-state index in [2.05, 4.69) is 19.2 Å². The Bertz CT molecular complexity index is 2310. The van der Waals surface area contributed by atoms with Crippen molar-refractivity contribution in [2.45, 2.75) is 76.2 Å². The van der Waals surface area contributed by atoms with Crippen molar-refractivity contribution in [2.24, 2.45) is 22.9 Å². The molecule has 6 unspecified atom stereocenters. The lowest BCUT2D eigenvalue weighted by Crippen LogP contribution is -2.70. The Balaban J connectivity index is 1.47. The summed E-state index contributed by atoms with van der Waals surface area (Å²) >= 11 is 0. The lowest BCUT2D eigenvalue weighted by atomic mass is 9.55. The zero-order chi connectivity index (χ0) is 44.3. The first-order valence-corrected chi connectivity index (χ1v) is 21.9. The number of fused-ring (bicyclic) bond motifs is 3. The summed E-state index contributed by atoms with van der Waals surface area (Å²) in [4.78, 5) is 33.7. The van der Waals surface area contributed by atoms with E-state index in [0.29, 0.717) is 43.3 Å². The summed E-state index contributed by atoms with van der Waals surface area (Å²) in [6.07, 6.45) is 9.53. The Morgan fingerprint density at radius 3 is 2.41 bits per heavy atom. The molecule has 332 valence electrons. The lowest BCUT2D eigenvalue weighted by Gasteiger charge is -2.59. The molecule has 0 saturated heterocycles. The maximum Gasteiger partial charge on any atom is 0.416 e. The van der Waals surface area contributed by atoms with Gasteiger partial charge in [-0.2, -0.15) is 0 Å². The van der Waals surface area contributed by atoms with Gasteiger partial charge in [-0.15, -0.1) is 6.58 Å². The molecule has 7 rings (SSSR count). The predicted octanol–water partition coefficient (Wildman–Crippen LogP) is 9.67. The average Bonchev–Trinajstić information content (AvgIpc) is 3.30. The fourth-order valence-electron chi connectivity index (χ4n) is 9.75. The number of nitrogens with zero attached hydrogens (tertiary/aromatic N) is 3. The van der Waals surface area contributed by atoms with Crippen LogP contribution >= 0.6 is 0 Å². The number of benzene rings is 4. The van der Waals surface area contributed by atoms with Crippen LogP contribution in [-0.2, 0) is 16.1 Å². The molecule has 0 aromatic heterocycles. The molecular formula is C50H57N3O10. The minimum atomic E-state index is -1.54. The van der Waals surface area contributed by atoms with E-state index in [1.165, 1.54) is 24.3 Å². The third-order valence-corrected chi connectivity index (χ3v) is 12.4. The van der Waals surface area contributed by atoms with Crippen LogP contribution in [0.5, 0.6) is 17.2 Å². The number of carbonyl (C=O) groups is 1. The van der Waals surface area contributed by atoms with Crippen LogP contribution in [0.3, 0.4) is 0 Å². The second kappa shape index (κ2) is 20.9. The van der Waals surface area contributed by atoms with E-state index in [-0.39, 0.29) is 62.0 Å². The summed E-state index contributed by atoms with van der Waals surface area (Å²) in [5.74, 6) is -0.932. The molecule has 3 aliphatic rings. The van der Waals surface area contributed by atoms with Crippen molar-refractivity contribution in [1.82, 2.24) is 4.90 Å². The number of allylic oxidation sites excluding steroid dienone is 1. The van der Waals surface area contributed by atoms with Crippen molar-refractivity contribution in [3.63, 3.8) is 0 Å². The van der Waals surface area contributed by atoms with Crippen molar-refractivity contribution in [2.75, 3.05) is 33.0 Å². The minimum Gasteiger partial charge on any atom is -0.490 e. The number of rotatable bonds is 21. The highest BCUT2D eigenvalue weighted by molar-refractivity contribution is 6.03. The highest BCUT2D eigenvalue weighted by Crippen LogP contribution is 2.62. The van der Waals surface area contributed by atoms with Crippen molar-refractivity contribution < 1.29 is 43.7 Å². The quantitative estimate of drug-likeness (QED) is 0.0357. The maximum atomic E-state index is 15.1. The van der Waals surface area contributed by atoms with Crippen molar-refractivity contribution in [1.29, 1.82) is 0 Å². The molecule has 4 aromatic rings. The average molecular weight is 860 g/mol. The highest BCUT2D eigenvalue weighted by Gasteiger charge is 2.65. The molecule has 2 aliphatic carbocycles. The number of non-ortho nitro benzene ring substituents is 1. The van der Waals surface area contributed by atoms with Crippen LogP contribution < -0.4 is 14.2 Å². The Kier molecular flexibility index (Phi) is 14.9. The molecule has 13 nitrogen and oxygen atoms in total. The van der Waals surface area contributed by atoms with Crippen LogP contribution in [-0.4, -0.2) is 76.7 Å². The standard InChI is InChI=1S/C50H57N3O10/c1-4-28-59-39-24-25-45-43(31-39)47-41(19-10-12-27-55)35(15-9-11-26-54)30-42-44(51-61-6-3)32-46(50(63-45,48(42)47)60-29-5-2)52(33-36-17-13-16-34-14-7-8-18-40(34)36)49(56)62-38-22-20-37(21-23-38)53(57)58/h4-5,7-8,13-14,16-18,20-25,30-31,35,41,46-48,54-55H,1-2,6,9-12,15,19,26-29,32-33H2,3H3. The van der Waals surface area contributed by atoms with Gasteiger partial charge < -0.3 is 34.0 Å². The van der Waals surface area contributed by atoms with E-state index in [1.807, 2.05) is 67.6 Å². The fraction of sp³-hybridized carbons (Fsp3) is 0.400. The van der Waals surface area contributed by atoms with Gasteiger partial charge in [0.25, 0.3) is 5.69 Å². The minimum absolute atomic E-state index is 0.0127. The van der Waals surface area contributed by atoms with Gasteiger partial charge in [0.15, 0.2) is 0 Å². The molecule has 0 radical (unpaired) electrons. The number of nitro groups is 1. The molecule has 13 heteroatoms. The van der Waals surface area contributed by atoms with Crippen LogP contribution in [0.1, 0.15) is 68.9 Å². The van der Waals surface area contributed by atoms with Gasteiger partial charge in [0.2, 0.25) is 5.79 Å². The van der Waals surface area contributed by atoms with Crippen LogP contribution in [0.2, 0.25) is 0 Å². The Labute approximate surface area is 368 Å². The number of aliphatic hydroxyl groups excluding tert-OH is 2. The Hall–Kier alpha value is -6.02. The van der Waals surface area contributed by atoms with E-state index < -0.39 is 28.8 Å². The second-order valence-electron chi connectivity index (χ2n) is 16.2. The number of unbranched alkanes of at least 4 members (excludes halogenated alkanes) is 2. The molecule has 6 atom stereocenters. The van der Waals surface area contributed by atoms with Crippen molar-refractivity contribution in [3.8, 4) is 17.2 Å². The van der Waals surface area contributed by atoms with Crippen LogP contribution in [0, 0.1) is 27.9 Å². The molecule has 1 amide bonds. The Morgan fingerprint density at radius 2 is 1.68 bits per heavy atom. The second-order valence-corrected chi connectivity index (χ2v) is 16.2. The summed E-state index contributed by atoms with van der Waals surface area (Å²) in [6.45, 7) is 10.7. The third-order valence-electron chi connectivity index (χ3n) is 12.4. The third kappa shape index (κ3) is 9.65. The van der Waals surface area contributed by atoms with Gasteiger partial charge in [-0.05, 0) is 96.7 Å².